The molecular weight excluding hydrogens is 252 g/mol. The number of fused-ring (bicyclic) bond motifs is 1. The third-order valence-electron chi connectivity index (χ3n) is 2.64. The molecule has 0 amide bonds. The zero-order valence-electron chi connectivity index (χ0n) is 10.2. The van der Waals surface area contributed by atoms with Crippen LogP contribution in [0.4, 0.5) is 5.82 Å². The third kappa shape index (κ3) is 2.54. The number of nitrogens with zero attached hydrogens (tertiary/aromatic N) is 2. The molecular formula is C13H13ClN2O2. The molecule has 0 N–H and O–H groups in total. The first kappa shape index (κ1) is 12.6. The van der Waals surface area contributed by atoms with Crippen LogP contribution in [0.25, 0.3) is 10.8 Å². The molecule has 94 valence electrons. The molecule has 0 aliphatic heterocycles. The predicted octanol–water partition coefficient (Wildman–Crippen LogP) is 2.50. The molecule has 0 bridgehead atoms. The highest BCUT2D eigenvalue weighted by Crippen LogP contribution is 2.26. The summed E-state index contributed by atoms with van der Waals surface area (Å²) in [5.74, 6) is 0.354. The van der Waals surface area contributed by atoms with Crippen LogP contribution in [0, 0.1) is 0 Å². The van der Waals surface area contributed by atoms with Gasteiger partial charge in [-0.05, 0) is 11.5 Å². The number of benzene rings is 1. The zero-order valence-corrected chi connectivity index (χ0v) is 10.9. The average molecular weight is 265 g/mol. The van der Waals surface area contributed by atoms with E-state index in [9.17, 15) is 4.79 Å². The van der Waals surface area contributed by atoms with Gasteiger partial charge in [-0.3, -0.25) is 4.79 Å². The van der Waals surface area contributed by atoms with Crippen LogP contribution in [-0.2, 0) is 9.53 Å². The van der Waals surface area contributed by atoms with Gasteiger partial charge >= 0.3 is 5.97 Å². The zero-order chi connectivity index (χ0) is 13.1. The quantitative estimate of drug-likeness (QED) is 0.631. The predicted molar refractivity (Wildman–Crippen MR) is 72.0 cm³/mol. The highest BCUT2D eigenvalue weighted by atomic mass is 35.5. The molecule has 0 fully saturated rings. The van der Waals surface area contributed by atoms with E-state index in [1.165, 1.54) is 7.11 Å². The van der Waals surface area contributed by atoms with E-state index < -0.39 is 0 Å². The van der Waals surface area contributed by atoms with E-state index in [2.05, 4.69) is 9.72 Å². The molecule has 1 aromatic heterocycles. The topological polar surface area (TPSA) is 42.4 Å². The van der Waals surface area contributed by atoms with Crippen LogP contribution in [0.15, 0.2) is 30.3 Å². The fraction of sp³-hybridized carbons (Fsp3) is 0.231. The van der Waals surface area contributed by atoms with Crippen LogP contribution >= 0.6 is 11.6 Å². The minimum absolute atomic E-state index is 0.133. The Hall–Kier alpha value is -1.81. The van der Waals surface area contributed by atoms with Crippen LogP contribution in [0.2, 0.25) is 5.15 Å². The lowest BCUT2D eigenvalue weighted by molar-refractivity contribution is -0.138. The van der Waals surface area contributed by atoms with Crippen LogP contribution < -0.4 is 4.90 Å². The molecule has 0 saturated heterocycles. The normalized spacial score (nSPS) is 10.4. The molecule has 18 heavy (non-hydrogen) atoms. The Bertz CT molecular complexity index is 586. The van der Waals surface area contributed by atoms with Crippen molar-refractivity contribution in [3.8, 4) is 0 Å². The van der Waals surface area contributed by atoms with Gasteiger partial charge in [-0.1, -0.05) is 35.9 Å². The van der Waals surface area contributed by atoms with Crippen molar-refractivity contribution in [2.45, 2.75) is 0 Å². The summed E-state index contributed by atoms with van der Waals surface area (Å²) >= 11 is 5.98. The molecule has 0 spiro atoms. The molecule has 2 aromatic rings. The van der Waals surface area contributed by atoms with Crippen molar-refractivity contribution in [2.75, 3.05) is 25.6 Å². The van der Waals surface area contributed by atoms with Crippen LogP contribution in [0.3, 0.4) is 0 Å². The molecule has 0 aliphatic carbocycles. The summed E-state index contributed by atoms with van der Waals surface area (Å²) < 4.78 is 4.64. The molecule has 1 heterocycles. The molecule has 0 aliphatic rings. The number of rotatable bonds is 3. The van der Waals surface area contributed by atoms with Gasteiger partial charge in [0.2, 0.25) is 0 Å². The van der Waals surface area contributed by atoms with Gasteiger partial charge in [0.15, 0.2) is 0 Å². The van der Waals surface area contributed by atoms with Gasteiger partial charge in [-0.2, -0.15) is 0 Å². The number of hydrogen-bond acceptors (Lipinski definition) is 4. The number of carbonyl (C=O) groups excluding carboxylic acids is 1. The van der Waals surface area contributed by atoms with Crippen LogP contribution in [0.1, 0.15) is 0 Å². The summed E-state index contributed by atoms with van der Waals surface area (Å²) in [5.41, 5.74) is 0. The summed E-state index contributed by atoms with van der Waals surface area (Å²) in [7, 11) is 3.14. The first-order valence-electron chi connectivity index (χ1n) is 5.45. The number of hydrogen-bond donors (Lipinski definition) is 0. The maximum absolute atomic E-state index is 11.3. The van der Waals surface area contributed by atoms with E-state index in [0.29, 0.717) is 11.0 Å². The van der Waals surface area contributed by atoms with E-state index in [4.69, 9.17) is 11.6 Å². The number of ether oxygens (including phenoxy) is 1. The van der Waals surface area contributed by atoms with Gasteiger partial charge in [-0.25, -0.2) is 4.98 Å². The largest absolute Gasteiger partial charge is 0.468 e. The van der Waals surface area contributed by atoms with Crippen molar-refractivity contribution in [2.24, 2.45) is 0 Å². The Morgan fingerprint density at radius 1 is 1.44 bits per heavy atom. The van der Waals surface area contributed by atoms with Gasteiger partial charge < -0.3 is 9.64 Å². The van der Waals surface area contributed by atoms with E-state index in [0.717, 1.165) is 10.8 Å². The summed E-state index contributed by atoms with van der Waals surface area (Å²) in [5, 5.41) is 2.35. The van der Waals surface area contributed by atoms with Gasteiger partial charge in [0.1, 0.15) is 17.5 Å². The van der Waals surface area contributed by atoms with Gasteiger partial charge in [-0.15, -0.1) is 0 Å². The van der Waals surface area contributed by atoms with E-state index in [1.54, 1.807) is 18.0 Å². The third-order valence-corrected chi connectivity index (χ3v) is 2.84. The van der Waals surface area contributed by atoms with Crippen molar-refractivity contribution in [1.29, 1.82) is 0 Å². The summed E-state index contributed by atoms with van der Waals surface area (Å²) in [6.45, 7) is 0.133. The van der Waals surface area contributed by atoms with Gasteiger partial charge in [0.05, 0.1) is 7.11 Å². The molecule has 1 aromatic carbocycles. The van der Waals surface area contributed by atoms with Crippen LogP contribution in [0.5, 0.6) is 0 Å². The van der Waals surface area contributed by atoms with Gasteiger partial charge in [0.25, 0.3) is 0 Å². The highest BCUT2D eigenvalue weighted by Gasteiger charge is 2.12. The van der Waals surface area contributed by atoms with E-state index in [1.807, 2.05) is 24.3 Å². The standard InChI is InChI=1S/C13H13ClN2O2/c1-16(8-12(17)18-2)13-10-6-4-3-5-9(10)7-11(14)15-13/h3-7H,8H2,1-2H3. The van der Waals surface area contributed by atoms with E-state index in [-0.39, 0.29) is 12.5 Å². The van der Waals surface area contributed by atoms with Crippen molar-refractivity contribution in [3.05, 3.63) is 35.5 Å². The molecule has 4 nitrogen and oxygen atoms in total. The Balaban J connectivity index is 2.46. The van der Waals surface area contributed by atoms with Crippen LogP contribution in [-0.4, -0.2) is 31.7 Å². The number of halogens is 1. The molecule has 0 unspecified atom stereocenters. The molecule has 0 saturated carbocycles. The second-order valence-electron chi connectivity index (χ2n) is 3.92. The number of methoxy groups -OCH3 is 1. The maximum atomic E-state index is 11.3. The number of carbonyl (C=O) groups is 1. The highest BCUT2D eigenvalue weighted by molar-refractivity contribution is 6.30. The Kier molecular flexibility index (Phi) is 3.67. The minimum Gasteiger partial charge on any atom is -0.468 e. The first-order valence-corrected chi connectivity index (χ1v) is 5.83. The Morgan fingerprint density at radius 2 is 2.17 bits per heavy atom. The Labute approximate surface area is 110 Å². The smallest absolute Gasteiger partial charge is 0.325 e. The number of likely N-dealkylation sites (N-methyl/N-ethyl adjacent to an activating group) is 1. The summed E-state index contributed by atoms with van der Waals surface area (Å²) in [4.78, 5) is 17.3. The van der Waals surface area contributed by atoms with Crippen molar-refractivity contribution in [3.63, 3.8) is 0 Å². The molecule has 2 rings (SSSR count). The number of anilines is 1. The molecule has 0 atom stereocenters. The second kappa shape index (κ2) is 5.23. The van der Waals surface area contributed by atoms with Crippen molar-refractivity contribution < 1.29 is 9.53 Å². The van der Waals surface area contributed by atoms with Crippen molar-refractivity contribution >= 4 is 34.2 Å². The number of pyridine rings is 1. The Morgan fingerprint density at radius 3 is 2.89 bits per heavy atom. The lowest BCUT2D eigenvalue weighted by Gasteiger charge is -2.18. The SMILES string of the molecule is COC(=O)CN(C)c1nc(Cl)cc2ccccc12. The number of esters is 1. The van der Waals surface area contributed by atoms with E-state index >= 15 is 0 Å². The van der Waals surface area contributed by atoms with Crippen molar-refractivity contribution in [1.82, 2.24) is 4.98 Å². The maximum Gasteiger partial charge on any atom is 0.325 e. The lowest BCUT2D eigenvalue weighted by Crippen LogP contribution is -2.27. The fourth-order valence-electron chi connectivity index (χ4n) is 1.77. The summed E-state index contributed by atoms with van der Waals surface area (Å²) in [6, 6.07) is 9.56. The molecule has 0 radical (unpaired) electrons. The number of aromatic nitrogens is 1. The van der Waals surface area contributed by atoms with Gasteiger partial charge in [0, 0.05) is 12.4 Å². The minimum atomic E-state index is -0.316. The average Bonchev–Trinajstić information content (AvgIpc) is 2.37. The summed E-state index contributed by atoms with van der Waals surface area (Å²) in [6.07, 6.45) is 0. The lowest BCUT2D eigenvalue weighted by atomic mass is 10.1. The monoisotopic (exact) mass is 264 g/mol. The fourth-order valence-corrected chi connectivity index (χ4v) is 1.97. The first-order chi connectivity index (χ1) is 8.61. The molecule has 5 heteroatoms. The second-order valence-corrected chi connectivity index (χ2v) is 4.31.